The molecule has 2 aromatic rings. The molecular formula is C13H16ClN3O. The second-order valence-electron chi connectivity index (χ2n) is 4.02. The van der Waals surface area contributed by atoms with Gasteiger partial charge in [0.25, 0.3) is 0 Å². The van der Waals surface area contributed by atoms with Crippen molar-refractivity contribution in [2.45, 2.75) is 13.2 Å². The van der Waals surface area contributed by atoms with Crippen LogP contribution in [-0.4, -0.2) is 16.6 Å². The van der Waals surface area contributed by atoms with Gasteiger partial charge in [0.1, 0.15) is 23.3 Å². The lowest BCUT2D eigenvalue weighted by Crippen LogP contribution is -2.05. The van der Waals surface area contributed by atoms with E-state index in [9.17, 15) is 0 Å². The number of imidazole rings is 1. The van der Waals surface area contributed by atoms with Gasteiger partial charge in [0.2, 0.25) is 0 Å². The summed E-state index contributed by atoms with van der Waals surface area (Å²) in [6, 6.07) is 7.99. The Balaban J connectivity index is 1.96. The first-order valence-corrected chi connectivity index (χ1v) is 6.11. The van der Waals surface area contributed by atoms with Crippen LogP contribution in [0.5, 0.6) is 5.75 Å². The van der Waals surface area contributed by atoms with Crippen molar-refractivity contribution in [3.63, 3.8) is 0 Å². The highest BCUT2D eigenvalue weighted by atomic mass is 35.5. The Labute approximate surface area is 112 Å². The van der Waals surface area contributed by atoms with E-state index in [0.717, 1.165) is 18.1 Å². The summed E-state index contributed by atoms with van der Waals surface area (Å²) < 4.78 is 7.46. The maximum Gasteiger partial charge on any atom is 0.147 e. The van der Waals surface area contributed by atoms with Crippen molar-refractivity contribution in [3.05, 3.63) is 47.0 Å². The lowest BCUT2D eigenvalue weighted by molar-refractivity contribution is 0.292. The largest absolute Gasteiger partial charge is 0.486 e. The van der Waals surface area contributed by atoms with E-state index in [1.54, 1.807) is 10.8 Å². The number of aromatic nitrogens is 2. The van der Waals surface area contributed by atoms with Crippen molar-refractivity contribution < 1.29 is 4.74 Å². The Kier molecular flexibility index (Phi) is 4.23. The summed E-state index contributed by atoms with van der Waals surface area (Å²) in [7, 11) is 3.79. The van der Waals surface area contributed by atoms with E-state index in [1.807, 2.05) is 38.4 Å². The molecule has 0 radical (unpaired) electrons. The molecule has 0 bridgehead atoms. The van der Waals surface area contributed by atoms with Crippen LogP contribution in [0.4, 0.5) is 0 Å². The van der Waals surface area contributed by atoms with Gasteiger partial charge >= 0.3 is 0 Å². The molecule has 0 aliphatic rings. The fraction of sp³-hybridized carbons (Fsp3) is 0.308. The Morgan fingerprint density at radius 2 is 2.06 bits per heavy atom. The molecule has 18 heavy (non-hydrogen) atoms. The van der Waals surface area contributed by atoms with Crippen LogP contribution in [0.1, 0.15) is 11.4 Å². The van der Waals surface area contributed by atoms with Gasteiger partial charge in [-0.3, -0.25) is 0 Å². The predicted molar refractivity (Wildman–Crippen MR) is 71.8 cm³/mol. The number of nitrogens with one attached hydrogen (secondary N) is 1. The molecule has 0 spiro atoms. The van der Waals surface area contributed by atoms with Gasteiger partial charge in [-0.1, -0.05) is 23.7 Å². The lowest BCUT2D eigenvalue weighted by atomic mass is 10.2. The summed E-state index contributed by atoms with van der Waals surface area (Å²) in [5, 5.41) is 3.71. The summed E-state index contributed by atoms with van der Waals surface area (Å²) in [4.78, 5) is 4.17. The maximum absolute atomic E-state index is 5.90. The van der Waals surface area contributed by atoms with E-state index in [1.165, 1.54) is 5.56 Å². The fourth-order valence-electron chi connectivity index (χ4n) is 1.61. The topological polar surface area (TPSA) is 39.1 Å². The molecule has 4 nitrogen and oxygen atoms in total. The molecule has 2 rings (SSSR count). The van der Waals surface area contributed by atoms with Gasteiger partial charge < -0.3 is 14.6 Å². The summed E-state index contributed by atoms with van der Waals surface area (Å²) >= 11 is 5.90. The Morgan fingerprint density at radius 3 is 2.61 bits per heavy atom. The number of ether oxygens (including phenoxy) is 1. The maximum atomic E-state index is 5.90. The fourth-order valence-corrected chi connectivity index (χ4v) is 1.76. The van der Waals surface area contributed by atoms with Crippen molar-refractivity contribution in [3.8, 4) is 5.75 Å². The molecule has 0 atom stereocenters. The molecule has 1 aromatic carbocycles. The van der Waals surface area contributed by atoms with Gasteiger partial charge in [0.05, 0.1) is 6.20 Å². The first kappa shape index (κ1) is 12.9. The van der Waals surface area contributed by atoms with Gasteiger partial charge in [-0.05, 0) is 24.7 Å². The Morgan fingerprint density at radius 1 is 1.33 bits per heavy atom. The number of benzene rings is 1. The van der Waals surface area contributed by atoms with E-state index in [2.05, 4.69) is 10.3 Å². The van der Waals surface area contributed by atoms with Gasteiger partial charge in [-0.15, -0.1) is 0 Å². The molecule has 0 unspecified atom stereocenters. The van der Waals surface area contributed by atoms with Crippen molar-refractivity contribution >= 4 is 11.6 Å². The molecule has 1 heterocycles. The quantitative estimate of drug-likeness (QED) is 0.902. The summed E-state index contributed by atoms with van der Waals surface area (Å²) in [5.74, 6) is 1.63. The highest BCUT2D eigenvalue weighted by molar-refractivity contribution is 6.29. The van der Waals surface area contributed by atoms with Crippen LogP contribution < -0.4 is 10.1 Å². The molecule has 1 N–H and O–H groups in total. The number of hydrogen-bond acceptors (Lipinski definition) is 3. The van der Waals surface area contributed by atoms with E-state index in [-0.39, 0.29) is 0 Å². The third-order valence-corrected chi connectivity index (χ3v) is 3.05. The van der Waals surface area contributed by atoms with Crippen LogP contribution in [0, 0.1) is 0 Å². The number of rotatable bonds is 5. The van der Waals surface area contributed by atoms with Crippen molar-refractivity contribution in [1.82, 2.24) is 14.9 Å². The zero-order chi connectivity index (χ0) is 13.0. The van der Waals surface area contributed by atoms with Gasteiger partial charge in [0.15, 0.2) is 0 Å². The normalized spacial score (nSPS) is 10.6. The van der Waals surface area contributed by atoms with Gasteiger partial charge in [0, 0.05) is 13.6 Å². The molecule has 96 valence electrons. The molecule has 0 aliphatic carbocycles. The second-order valence-corrected chi connectivity index (χ2v) is 4.41. The van der Waals surface area contributed by atoms with Crippen LogP contribution in [0.3, 0.4) is 0 Å². The molecule has 0 saturated heterocycles. The minimum Gasteiger partial charge on any atom is -0.486 e. The molecule has 5 heteroatoms. The monoisotopic (exact) mass is 265 g/mol. The van der Waals surface area contributed by atoms with Gasteiger partial charge in [-0.25, -0.2) is 4.98 Å². The van der Waals surface area contributed by atoms with Crippen LogP contribution in [0.25, 0.3) is 0 Å². The van der Waals surface area contributed by atoms with Crippen molar-refractivity contribution in [2.24, 2.45) is 7.05 Å². The first-order chi connectivity index (χ1) is 8.70. The number of halogens is 1. The average molecular weight is 266 g/mol. The SMILES string of the molecule is CNCc1ccc(OCc2ncc(Cl)n2C)cc1. The van der Waals surface area contributed by atoms with Crippen LogP contribution >= 0.6 is 11.6 Å². The third kappa shape index (κ3) is 3.03. The van der Waals surface area contributed by atoms with Crippen LogP contribution in [0.15, 0.2) is 30.5 Å². The van der Waals surface area contributed by atoms with Crippen LogP contribution in [-0.2, 0) is 20.2 Å². The van der Waals surface area contributed by atoms with Crippen molar-refractivity contribution in [1.29, 1.82) is 0 Å². The first-order valence-electron chi connectivity index (χ1n) is 5.73. The highest BCUT2D eigenvalue weighted by Crippen LogP contribution is 2.15. The minimum atomic E-state index is 0.411. The standard InChI is InChI=1S/C13H16ClN3O/c1-15-7-10-3-5-11(6-4-10)18-9-13-16-8-12(14)17(13)2/h3-6,8,15H,7,9H2,1-2H3. The Bertz CT molecular complexity index is 507. The summed E-state index contributed by atoms with van der Waals surface area (Å²) in [6.45, 7) is 1.27. The second kappa shape index (κ2) is 5.89. The molecule has 0 fully saturated rings. The summed E-state index contributed by atoms with van der Waals surface area (Å²) in [5.41, 5.74) is 1.23. The van der Waals surface area contributed by atoms with E-state index in [4.69, 9.17) is 16.3 Å². The highest BCUT2D eigenvalue weighted by Gasteiger charge is 2.04. The van der Waals surface area contributed by atoms with E-state index >= 15 is 0 Å². The number of hydrogen-bond donors (Lipinski definition) is 1. The van der Waals surface area contributed by atoms with E-state index in [0.29, 0.717) is 11.8 Å². The minimum absolute atomic E-state index is 0.411. The van der Waals surface area contributed by atoms with Crippen LogP contribution in [0.2, 0.25) is 5.15 Å². The molecule has 0 amide bonds. The van der Waals surface area contributed by atoms with Crippen molar-refractivity contribution in [2.75, 3.05) is 7.05 Å². The zero-order valence-corrected chi connectivity index (χ0v) is 11.2. The van der Waals surface area contributed by atoms with E-state index < -0.39 is 0 Å². The average Bonchev–Trinajstić information content (AvgIpc) is 2.70. The molecule has 0 saturated carbocycles. The molecule has 1 aromatic heterocycles. The summed E-state index contributed by atoms with van der Waals surface area (Å²) in [6.07, 6.45) is 1.62. The van der Waals surface area contributed by atoms with Gasteiger partial charge in [-0.2, -0.15) is 0 Å². The molecule has 0 aliphatic heterocycles. The zero-order valence-electron chi connectivity index (χ0n) is 10.5. The predicted octanol–water partition coefficient (Wildman–Crippen LogP) is 2.37. The number of nitrogens with zero attached hydrogens (tertiary/aromatic N) is 2. The third-order valence-electron chi connectivity index (χ3n) is 2.70. The smallest absolute Gasteiger partial charge is 0.147 e. The molecular weight excluding hydrogens is 250 g/mol. The Hall–Kier alpha value is -1.52. The lowest BCUT2D eigenvalue weighted by Gasteiger charge is -2.07.